The molecule has 28 heavy (non-hydrogen) atoms. The molecular weight excluding hydrogens is 372 g/mol. The summed E-state index contributed by atoms with van der Waals surface area (Å²) in [5, 5.41) is 15.2. The fourth-order valence-corrected chi connectivity index (χ4v) is 3.60. The first-order valence-electron chi connectivity index (χ1n) is 9.18. The second-order valence-corrected chi connectivity index (χ2v) is 7.37. The zero-order chi connectivity index (χ0) is 19.8. The summed E-state index contributed by atoms with van der Waals surface area (Å²) in [4.78, 5) is 25.1. The number of benzene rings is 2. The van der Waals surface area contributed by atoms with Gasteiger partial charge in [-0.15, -0.1) is 10.2 Å². The highest BCUT2D eigenvalue weighted by Crippen LogP contribution is 2.21. The third kappa shape index (κ3) is 5.47. The fourth-order valence-electron chi connectivity index (χ4n) is 2.74. The molecule has 2 aromatic carbocycles. The summed E-state index contributed by atoms with van der Waals surface area (Å²) in [6.07, 6.45) is 1.92. The van der Waals surface area contributed by atoms with Gasteiger partial charge in [-0.2, -0.15) is 0 Å². The summed E-state index contributed by atoms with van der Waals surface area (Å²) in [6, 6.07) is 18.0. The molecule has 0 aliphatic rings. The molecule has 0 aliphatic carbocycles. The van der Waals surface area contributed by atoms with Gasteiger partial charge >= 0.3 is 0 Å². The van der Waals surface area contributed by atoms with Crippen molar-refractivity contribution in [3.8, 4) is 0 Å². The number of amides is 2. The lowest BCUT2D eigenvalue weighted by atomic mass is 10.0. The van der Waals surface area contributed by atoms with E-state index in [9.17, 15) is 9.59 Å². The van der Waals surface area contributed by atoms with Crippen LogP contribution in [0.2, 0.25) is 0 Å². The standard InChI is InChI=1S/C21H22N4O2S/c1-2-9-19-24-25-21(28-19)23-18(26)14-17(15-10-5-3-6-11-15)22-20(27)16-12-7-4-8-13-16/h3-8,10-13,17H,2,9,14H2,1H3,(H,22,27)(H,23,25,26). The van der Waals surface area contributed by atoms with Crippen LogP contribution >= 0.6 is 11.3 Å². The molecule has 3 rings (SSSR count). The van der Waals surface area contributed by atoms with Crippen LogP contribution in [0.15, 0.2) is 60.7 Å². The molecule has 1 aromatic heterocycles. The van der Waals surface area contributed by atoms with Crippen LogP contribution in [0.3, 0.4) is 0 Å². The van der Waals surface area contributed by atoms with E-state index in [2.05, 4.69) is 27.8 Å². The minimum Gasteiger partial charge on any atom is -0.345 e. The largest absolute Gasteiger partial charge is 0.345 e. The number of nitrogens with zero attached hydrogens (tertiary/aromatic N) is 2. The average molecular weight is 395 g/mol. The number of hydrogen-bond donors (Lipinski definition) is 2. The molecule has 0 saturated heterocycles. The van der Waals surface area contributed by atoms with Crippen LogP contribution < -0.4 is 10.6 Å². The Morgan fingerprint density at radius 3 is 2.36 bits per heavy atom. The van der Waals surface area contributed by atoms with E-state index >= 15 is 0 Å². The molecule has 6 nitrogen and oxygen atoms in total. The predicted molar refractivity (Wildman–Crippen MR) is 110 cm³/mol. The number of rotatable bonds is 8. The lowest BCUT2D eigenvalue weighted by Crippen LogP contribution is -2.31. The van der Waals surface area contributed by atoms with E-state index in [4.69, 9.17) is 0 Å². The van der Waals surface area contributed by atoms with E-state index in [1.807, 2.05) is 48.5 Å². The lowest BCUT2D eigenvalue weighted by Gasteiger charge is -2.18. The average Bonchev–Trinajstić information content (AvgIpc) is 3.16. The van der Waals surface area contributed by atoms with Crippen molar-refractivity contribution >= 4 is 28.3 Å². The Kier molecular flexibility index (Phi) is 6.86. The van der Waals surface area contributed by atoms with Gasteiger partial charge in [0.05, 0.1) is 12.5 Å². The van der Waals surface area contributed by atoms with Crippen molar-refractivity contribution in [2.24, 2.45) is 0 Å². The fraction of sp³-hybridized carbons (Fsp3) is 0.238. The van der Waals surface area contributed by atoms with Gasteiger partial charge < -0.3 is 10.6 Å². The van der Waals surface area contributed by atoms with E-state index in [0.29, 0.717) is 10.7 Å². The van der Waals surface area contributed by atoms with Crippen molar-refractivity contribution in [2.75, 3.05) is 5.32 Å². The Morgan fingerprint density at radius 2 is 1.68 bits per heavy atom. The van der Waals surface area contributed by atoms with Gasteiger partial charge in [-0.05, 0) is 24.1 Å². The highest BCUT2D eigenvalue weighted by atomic mass is 32.1. The maximum atomic E-state index is 12.6. The number of carbonyl (C=O) groups excluding carboxylic acids is 2. The van der Waals surface area contributed by atoms with Gasteiger partial charge in [0.25, 0.3) is 5.91 Å². The first-order chi connectivity index (χ1) is 13.7. The van der Waals surface area contributed by atoms with Gasteiger partial charge in [0.2, 0.25) is 11.0 Å². The number of aromatic nitrogens is 2. The van der Waals surface area contributed by atoms with Crippen LogP contribution in [0.25, 0.3) is 0 Å². The molecule has 144 valence electrons. The minimum absolute atomic E-state index is 0.102. The van der Waals surface area contributed by atoms with Crippen LogP contribution in [-0.2, 0) is 11.2 Å². The van der Waals surface area contributed by atoms with E-state index in [1.54, 1.807) is 12.1 Å². The summed E-state index contributed by atoms with van der Waals surface area (Å²) < 4.78 is 0. The smallest absolute Gasteiger partial charge is 0.251 e. The van der Waals surface area contributed by atoms with Crippen LogP contribution in [0.1, 0.15) is 46.7 Å². The first-order valence-corrected chi connectivity index (χ1v) is 10.0. The zero-order valence-corrected chi connectivity index (χ0v) is 16.4. The van der Waals surface area contributed by atoms with Crippen LogP contribution in [0.5, 0.6) is 0 Å². The second kappa shape index (κ2) is 9.75. The summed E-state index contributed by atoms with van der Waals surface area (Å²) >= 11 is 1.38. The monoisotopic (exact) mass is 394 g/mol. The molecule has 2 N–H and O–H groups in total. The third-order valence-corrected chi connectivity index (χ3v) is 5.01. The molecule has 7 heteroatoms. The van der Waals surface area contributed by atoms with Gasteiger partial charge in [-0.3, -0.25) is 9.59 Å². The second-order valence-electron chi connectivity index (χ2n) is 6.31. The molecule has 1 atom stereocenters. The molecular formula is C21H22N4O2S. The molecule has 0 saturated carbocycles. The van der Waals surface area contributed by atoms with Gasteiger partial charge in [0, 0.05) is 12.0 Å². The van der Waals surface area contributed by atoms with Crippen LogP contribution in [0.4, 0.5) is 5.13 Å². The molecule has 0 bridgehead atoms. The number of hydrogen-bond acceptors (Lipinski definition) is 5. The highest BCUT2D eigenvalue weighted by molar-refractivity contribution is 7.15. The summed E-state index contributed by atoms with van der Waals surface area (Å²) in [7, 11) is 0. The third-order valence-electron chi connectivity index (χ3n) is 4.11. The molecule has 0 aliphatic heterocycles. The van der Waals surface area contributed by atoms with Crippen molar-refractivity contribution in [3.63, 3.8) is 0 Å². The summed E-state index contributed by atoms with van der Waals surface area (Å²) in [6.45, 7) is 2.07. The number of anilines is 1. The molecule has 2 amide bonds. The Labute approximate surface area is 168 Å². The quantitative estimate of drug-likeness (QED) is 0.605. The van der Waals surface area contributed by atoms with Crippen molar-refractivity contribution < 1.29 is 9.59 Å². The maximum Gasteiger partial charge on any atom is 0.251 e. The molecule has 0 radical (unpaired) electrons. The van der Waals surface area contributed by atoms with E-state index in [1.165, 1.54) is 11.3 Å². The number of nitrogens with one attached hydrogen (secondary N) is 2. The van der Waals surface area contributed by atoms with Crippen molar-refractivity contribution in [1.29, 1.82) is 0 Å². The van der Waals surface area contributed by atoms with Gasteiger partial charge in [0.1, 0.15) is 5.01 Å². The normalized spacial score (nSPS) is 11.6. The molecule has 0 fully saturated rings. The predicted octanol–water partition coefficient (Wildman–Crippen LogP) is 3.99. The Bertz CT molecular complexity index is 912. The number of carbonyl (C=O) groups is 2. The SMILES string of the molecule is CCCc1nnc(NC(=O)CC(NC(=O)c2ccccc2)c2ccccc2)s1. The lowest BCUT2D eigenvalue weighted by molar-refractivity contribution is -0.116. The number of aryl methyl sites for hydroxylation is 1. The van der Waals surface area contributed by atoms with Crippen LogP contribution in [0, 0.1) is 0 Å². The van der Waals surface area contributed by atoms with Crippen molar-refractivity contribution in [3.05, 3.63) is 76.8 Å². The van der Waals surface area contributed by atoms with Gasteiger partial charge in [0.15, 0.2) is 0 Å². The van der Waals surface area contributed by atoms with Gasteiger partial charge in [-0.25, -0.2) is 0 Å². The molecule has 1 heterocycles. The van der Waals surface area contributed by atoms with E-state index in [0.717, 1.165) is 23.4 Å². The Morgan fingerprint density at radius 1 is 1.00 bits per heavy atom. The highest BCUT2D eigenvalue weighted by Gasteiger charge is 2.20. The summed E-state index contributed by atoms with van der Waals surface area (Å²) in [5.41, 5.74) is 1.42. The molecule has 3 aromatic rings. The van der Waals surface area contributed by atoms with E-state index in [-0.39, 0.29) is 18.2 Å². The van der Waals surface area contributed by atoms with Crippen molar-refractivity contribution in [2.45, 2.75) is 32.2 Å². The van der Waals surface area contributed by atoms with Gasteiger partial charge in [-0.1, -0.05) is 66.8 Å². The topological polar surface area (TPSA) is 84.0 Å². The van der Waals surface area contributed by atoms with E-state index < -0.39 is 6.04 Å². The summed E-state index contributed by atoms with van der Waals surface area (Å²) in [5.74, 6) is -0.440. The maximum absolute atomic E-state index is 12.6. The first kappa shape index (κ1) is 19.7. The Hall–Kier alpha value is -3.06. The van der Waals surface area contributed by atoms with Crippen LogP contribution in [-0.4, -0.2) is 22.0 Å². The molecule has 0 spiro atoms. The Balaban J connectivity index is 1.70. The van der Waals surface area contributed by atoms with Crippen molar-refractivity contribution in [1.82, 2.24) is 15.5 Å². The minimum atomic E-state index is -0.447. The zero-order valence-electron chi connectivity index (χ0n) is 15.6. The molecule has 1 unspecified atom stereocenters.